The van der Waals surface area contributed by atoms with Gasteiger partial charge >= 0.3 is 0 Å². The summed E-state index contributed by atoms with van der Waals surface area (Å²) in [6, 6.07) is 16.3. The number of rotatable bonds is 9. The fraction of sp³-hybridized carbons (Fsp3) is 0.360. The maximum Gasteiger partial charge on any atom is 0.238 e. The molecule has 0 radical (unpaired) electrons. The fourth-order valence-corrected chi connectivity index (χ4v) is 6.16. The molecule has 174 valence electrons. The Balaban J connectivity index is 1.53. The second kappa shape index (κ2) is 10.3. The van der Waals surface area contributed by atoms with E-state index in [-0.39, 0.29) is 30.5 Å². The molecule has 8 heteroatoms. The van der Waals surface area contributed by atoms with Crippen LogP contribution in [0.25, 0.3) is 10.8 Å². The molecule has 0 saturated heterocycles. The predicted octanol–water partition coefficient (Wildman–Crippen LogP) is 3.15. The van der Waals surface area contributed by atoms with Gasteiger partial charge in [0.2, 0.25) is 15.9 Å². The average Bonchev–Trinajstić information content (AvgIpc) is 3.30. The molecular formula is C25H30N4O3S. The molecule has 1 atom stereocenters. The van der Waals surface area contributed by atoms with Gasteiger partial charge in [-0.2, -0.15) is 0 Å². The zero-order valence-electron chi connectivity index (χ0n) is 18.5. The number of anilines is 1. The third-order valence-electron chi connectivity index (χ3n) is 6.19. The second-order valence-electron chi connectivity index (χ2n) is 8.75. The topological polar surface area (TPSA) is 114 Å². The minimum atomic E-state index is -3.61. The van der Waals surface area contributed by atoms with Gasteiger partial charge in [0.1, 0.15) is 11.9 Å². The summed E-state index contributed by atoms with van der Waals surface area (Å²) in [5.74, 6) is 0.256. The lowest BCUT2D eigenvalue weighted by molar-refractivity contribution is -0.122. The quantitative estimate of drug-likeness (QED) is 0.448. The van der Waals surface area contributed by atoms with Crippen LogP contribution in [0.2, 0.25) is 0 Å². The van der Waals surface area contributed by atoms with Gasteiger partial charge in [-0.05, 0) is 53.1 Å². The van der Waals surface area contributed by atoms with E-state index in [2.05, 4.69) is 15.0 Å². The highest BCUT2D eigenvalue weighted by Gasteiger charge is 2.28. The van der Waals surface area contributed by atoms with Gasteiger partial charge in [0.25, 0.3) is 0 Å². The van der Waals surface area contributed by atoms with Gasteiger partial charge in [0, 0.05) is 12.7 Å². The van der Waals surface area contributed by atoms with Crippen LogP contribution in [-0.2, 0) is 27.8 Å². The van der Waals surface area contributed by atoms with Crippen molar-refractivity contribution in [1.82, 2.24) is 15.0 Å². The Labute approximate surface area is 194 Å². The second-order valence-corrected chi connectivity index (χ2v) is 10.6. The Bertz CT molecular complexity index is 1200. The van der Waals surface area contributed by atoms with Gasteiger partial charge in [0.15, 0.2) is 0 Å². The predicted molar refractivity (Wildman–Crippen MR) is 131 cm³/mol. The van der Waals surface area contributed by atoms with E-state index in [1.54, 1.807) is 18.3 Å². The first kappa shape index (κ1) is 23.2. The summed E-state index contributed by atoms with van der Waals surface area (Å²) < 4.78 is 28.6. The highest BCUT2D eigenvalue weighted by atomic mass is 32.2. The number of aromatic nitrogens is 1. The number of sulfonamides is 1. The van der Waals surface area contributed by atoms with Gasteiger partial charge in [-0.25, -0.2) is 18.1 Å². The SMILES string of the molecule is Nc1ccc(CNC(=O)[C@H](Cc2cccc3ccccc23)NS(=O)(=O)CC2CCCC2)cn1. The number of carbonyl (C=O) groups is 1. The van der Waals surface area contributed by atoms with Crippen LogP contribution in [0.5, 0.6) is 0 Å². The molecule has 0 spiro atoms. The fourth-order valence-electron chi connectivity index (χ4n) is 4.48. The Morgan fingerprint density at radius 2 is 1.82 bits per heavy atom. The van der Waals surface area contributed by atoms with Crippen molar-refractivity contribution < 1.29 is 13.2 Å². The molecule has 1 saturated carbocycles. The van der Waals surface area contributed by atoms with Gasteiger partial charge < -0.3 is 11.1 Å². The summed E-state index contributed by atoms with van der Waals surface area (Å²) >= 11 is 0. The maximum atomic E-state index is 13.2. The zero-order valence-corrected chi connectivity index (χ0v) is 19.4. The number of nitrogen functional groups attached to an aromatic ring is 1. The third kappa shape index (κ3) is 6.30. The zero-order chi connectivity index (χ0) is 23.3. The summed E-state index contributed by atoms with van der Waals surface area (Å²) in [5, 5.41) is 4.92. The van der Waals surface area contributed by atoms with Crippen molar-refractivity contribution >= 4 is 32.5 Å². The van der Waals surface area contributed by atoms with E-state index in [0.29, 0.717) is 5.82 Å². The molecule has 0 bridgehead atoms. The molecule has 33 heavy (non-hydrogen) atoms. The molecule has 3 aromatic rings. The summed E-state index contributed by atoms with van der Waals surface area (Å²) in [5.41, 5.74) is 7.33. The number of amides is 1. The monoisotopic (exact) mass is 466 g/mol. The summed E-state index contributed by atoms with van der Waals surface area (Å²) in [7, 11) is -3.61. The molecular weight excluding hydrogens is 436 g/mol. The minimum Gasteiger partial charge on any atom is -0.384 e. The summed E-state index contributed by atoms with van der Waals surface area (Å²) in [4.78, 5) is 17.2. The lowest BCUT2D eigenvalue weighted by Gasteiger charge is -2.21. The van der Waals surface area contributed by atoms with Crippen molar-refractivity contribution in [3.63, 3.8) is 0 Å². The molecule has 4 N–H and O–H groups in total. The van der Waals surface area contributed by atoms with Crippen LogP contribution in [0.4, 0.5) is 5.82 Å². The Kier molecular flexibility index (Phi) is 7.25. The Morgan fingerprint density at radius 3 is 2.58 bits per heavy atom. The van der Waals surface area contributed by atoms with E-state index in [1.165, 1.54) is 0 Å². The van der Waals surface area contributed by atoms with Crippen molar-refractivity contribution in [3.8, 4) is 0 Å². The van der Waals surface area contributed by atoms with Gasteiger partial charge in [-0.15, -0.1) is 0 Å². The van der Waals surface area contributed by atoms with Gasteiger partial charge in [-0.3, -0.25) is 4.79 Å². The molecule has 4 rings (SSSR count). The van der Waals surface area contributed by atoms with Crippen LogP contribution < -0.4 is 15.8 Å². The Morgan fingerprint density at radius 1 is 1.06 bits per heavy atom. The lowest BCUT2D eigenvalue weighted by Crippen LogP contribution is -2.48. The van der Waals surface area contributed by atoms with Crippen molar-refractivity contribution in [2.75, 3.05) is 11.5 Å². The largest absolute Gasteiger partial charge is 0.384 e. The molecule has 1 aliphatic rings. The smallest absolute Gasteiger partial charge is 0.238 e. The van der Waals surface area contributed by atoms with Crippen LogP contribution in [0.1, 0.15) is 36.8 Å². The van der Waals surface area contributed by atoms with Crippen LogP contribution in [0, 0.1) is 5.92 Å². The molecule has 2 aromatic carbocycles. The van der Waals surface area contributed by atoms with Crippen molar-refractivity contribution in [3.05, 3.63) is 71.9 Å². The normalized spacial score (nSPS) is 15.5. The average molecular weight is 467 g/mol. The highest BCUT2D eigenvalue weighted by Crippen LogP contribution is 2.26. The van der Waals surface area contributed by atoms with Crippen LogP contribution in [0.15, 0.2) is 60.8 Å². The molecule has 0 unspecified atom stereocenters. The number of nitrogens with two attached hydrogens (primary N) is 1. The van der Waals surface area contributed by atoms with Crippen LogP contribution >= 0.6 is 0 Å². The van der Waals surface area contributed by atoms with Crippen molar-refractivity contribution in [1.29, 1.82) is 0 Å². The van der Waals surface area contributed by atoms with Crippen molar-refractivity contribution in [2.45, 2.75) is 44.7 Å². The van der Waals surface area contributed by atoms with Gasteiger partial charge in [-0.1, -0.05) is 61.4 Å². The number of hydrogen-bond acceptors (Lipinski definition) is 5. The first-order valence-electron chi connectivity index (χ1n) is 11.3. The number of nitrogens with one attached hydrogen (secondary N) is 2. The molecule has 0 aliphatic heterocycles. The lowest BCUT2D eigenvalue weighted by atomic mass is 9.99. The number of carbonyl (C=O) groups excluding carboxylic acids is 1. The van der Waals surface area contributed by atoms with Crippen molar-refractivity contribution in [2.24, 2.45) is 5.92 Å². The number of hydrogen-bond donors (Lipinski definition) is 3. The Hall–Kier alpha value is -2.97. The van der Waals surface area contributed by atoms with Gasteiger partial charge in [0.05, 0.1) is 5.75 Å². The molecule has 1 amide bonds. The maximum absolute atomic E-state index is 13.2. The number of fused-ring (bicyclic) bond motifs is 1. The first-order chi connectivity index (χ1) is 15.9. The van der Waals surface area contributed by atoms with E-state index in [9.17, 15) is 13.2 Å². The van der Waals surface area contributed by atoms with E-state index >= 15 is 0 Å². The summed E-state index contributed by atoms with van der Waals surface area (Å²) in [6.07, 6.45) is 5.83. The number of pyridine rings is 1. The molecule has 1 aliphatic carbocycles. The molecule has 1 aromatic heterocycles. The number of benzene rings is 2. The molecule has 1 fully saturated rings. The molecule has 7 nitrogen and oxygen atoms in total. The summed E-state index contributed by atoms with van der Waals surface area (Å²) in [6.45, 7) is 0.239. The van der Waals surface area contributed by atoms with E-state index in [1.807, 2.05) is 42.5 Å². The van der Waals surface area contributed by atoms with E-state index in [4.69, 9.17) is 5.73 Å². The minimum absolute atomic E-state index is 0.0637. The van der Waals surface area contributed by atoms with Crippen LogP contribution in [-0.4, -0.2) is 31.1 Å². The third-order valence-corrected chi connectivity index (χ3v) is 7.74. The molecule has 1 heterocycles. The van der Waals surface area contributed by atoms with E-state index in [0.717, 1.165) is 47.6 Å². The highest BCUT2D eigenvalue weighted by molar-refractivity contribution is 7.89. The standard InChI is InChI=1S/C25H30N4O3S/c26-24-13-12-19(15-27-24)16-28-25(30)23(29-33(31,32)17-18-6-1-2-7-18)14-21-10-5-9-20-8-3-4-11-22(20)21/h3-5,8-13,15,18,23,29H,1-2,6-7,14,16-17H2,(H2,26,27)(H,28,30)/t23-/m0/s1. The van der Waals surface area contributed by atoms with E-state index < -0.39 is 16.1 Å². The van der Waals surface area contributed by atoms with Crippen LogP contribution in [0.3, 0.4) is 0 Å². The first-order valence-corrected chi connectivity index (χ1v) is 13.0. The number of nitrogens with zero attached hydrogens (tertiary/aromatic N) is 1.